The van der Waals surface area contributed by atoms with Crippen molar-refractivity contribution in [3.8, 4) is 0 Å². The Morgan fingerprint density at radius 2 is 2.28 bits per heavy atom. The summed E-state index contributed by atoms with van der Waals surface area (Å²) < 4.78 is 26.2. The molecule has 0 bridgehead atoms. The number of thioether (sulfide) groups is 1. The van der Waals surface area contributed by atoms with Gasteiger partial charge in [0.15, 0.2) is 0 Å². The Kier molecular flexibility index (Phi) is 4.14. The van der Waals surface area contributed by atoms with Crippen molar-refractivity contribution in [1.29, 1.82) is 0 Å². The Morgan fingerprint density at radius 3 is 2.89 bits per heavy atom. The lowest BCUT2D eigenvalue weighted by Gasteiger charge is -2.30. The second-order valence-electron chi connectivity index (χ2n) is 4.15. The summed E-state index contributed by atoms with van der Waals surface area (Å²) >= 11 is 1.82. The first kappa shape index (κ1) is 13.6. The number of hydrogen-bond acceptors (Lipinski definition) is 4. The van der Waals surface area contributed by atoms with Gasteiger partial charge in [-0.2, -0.15) is 16.1 Å². The van der Waals surface area contributed by atoms with E-state index >= 15 is 0 Å². The highest BCUT2D eigenvalue weighted by Crippen LogP contribution is 2.25. The van der Waals surface area contributed by atoms with Gasteiger partial charge in [0.05, 0.1) is 4.90 Å². The van der Waals surface area contributed by atoms with Crippen LogP contribution in [0.1, 0.15) is 13.3 Å². The van der Waals surface area contributed by atoms with Crippen LogP contribution in [0.25, 0.3) is 0 Å². The molecule has 1 fully saturated rings. The Morgan fingerprint density at radius 1 is 1.50 bits per heavy atom. The summed E-state index contributed by atoms with van der Waals surface area (Å²) in [5, 5.41) is 0.358. The maximum Gasteiger partial charge on any atom is 0.247 e. The Balaban J connectivity index is 2.25. The molecule has 0 saturated carbocycles. The van der Waals surface area contributed by atoms with Crippen LogP contribution < -0.4 is 5.56 Å². The van der Waals surface area contributed by atoms with Crippen molar-refractivity contribution in [3.05, 3.63) is 28.7 Å². The van der Waals surface area contributed by atoms with Crippen LogP contribution in [0.3, 0.4) is 0 Å². The lowest BCUT2D eigenvalue weighted by atomic mass is 10.3. The fourth-order valence-corrected chi connectivity index (χ4v) is 4.71. The lowest BCUT2D eigenvalue weighted by molar-refractivity contribution is 0.416. The minimum atomic E-state index is -3.47. The Hall–Kier alpha value is -0.790. The van der Waals surface area contributed by atoms with Gasteiger partial charge in [0.2, 0.25) is 15.6 Å². The van der Waals surface area contributed by atoms with Crippen molar-refractivity contribution in [2.75, 3.05) is 18.8 Å². The van der Waals surface area contributed by atoms with Crippen LogP contribution in [0.15, 0.2) is 28.0 Å². The summed E-state index contributed by atoms with van der Waals surface area (Å²) in [4.78, 5) is 13.5. The quantitative estimate of drug-likeness (QED) is 0.897. The van der Waals surface area contributed by atoms with Gasteiger partial charge in [0.25, 0.3) is 0 Å². The van der Waals surface area contributed by atoms with E-state index in [9.17, 15) is 13.2 Å². The molecule has 1 unspecified atom stereocenters. The number of nitrogens with zero attached hydrogens (tertiary/aromatic N) is 1. The molecule has 5 nitrogen and oxygen atoms in total. The van der Waals surface area contributed by atoms with Crippen molar-refractivity contribution in [1.82, 2.24) is 9.29 Å². The maximum atomic E-state index is 12.4. The molecule has 1 aromatic rings. The number of pyridine rings is 1. The van der Waals surface area contributed by atoms with E-state index in [2.05, 4.69) is 11.9 Å². The van der Waals surface area contributed by atoms with Crippen molar-refractivity contribution < 1.29 is 8.42 Å². The van der Waals surface area contributed by atoms with Crippen LogP contribution in [0.5, 0.6) is 0 Å². The van der Waals surface area contributed by atoms with Gasteiger partial charge in [-0.25, -0.2) is 8.42 Å². The highest BCUT2D eigenvalue weighted by molar-refractivity contribution is 8.00. The highest BCUT2D eigenvalue weighted by Gasteiger charge is 2.29. The van der Waals surface area contributed by atoms with Crippen molar-refractivity contribution in [2.45, 2.75) is 23.5 Å². The fraction of sp³-hybridized carbons (Fsp3) is 0.545. The number of H-pyrrole nitrogens is 1. The first-order chi connectivity index (χ1) is 8.54. The van der Waals surface area contributed by atoms with E-state index in [1.54, 1.807) is 0 Å². The average molecular weight is 288 g/mol. The fourth-order valence-electron chi connectivity index (χ4n) is 1.86. The zero-order valence-electron chi connectivity index (χ0n) is 10.1. The van der Waals surface area contributed by atoms with Crippen LogP contribution in [0, 0.1) is 0 Å². The molecule has 0 amide bonds. The van der Waals surface area contributed by atoms with Crippen molar-refractivity contribution in [3.63, 3.8) is 0 Å². The first-order valence-electron chi connectivity index (χ1n) is 5.84. The molecule has 0 spiro atoms. The van der Waals surface area contributed by atoms with Crippen LogP contribution in [0.2, 0.25) is 0 Å². The van der Waals surface area contributed by atoms with Crippen molar-refractivity contribution >= 4 is 21.8 Å². The Bertz CT molecular complexity index is 547. The monoisotopic (exact) mass is 288 g/mol. The van der Waals surface area contributed by atoms with E-state index in [1.807, 2.05) is 11.8 Å². The molecule has 2 heterocycles. The molecule has 1 aromatic heterocycles. The van der Waals surface area contributed by atoms with Gasteiger partial charge >= 0.3 is 0 Å². The largest absolute Gasteiger partial charge is 0.328 e. The van der Waals surface area contributed by atoms with Gasteiger partial charge < -0.3 is 4.98 Å². The number of sulfonamides is 1. The van der Waals surface area contributed by atoms with Crippen LogP contribution in [-0.2, 0) is 10.0 Å². The predicted molar refractivity (Wildman–Crippen MR) is 72.4 cm³/mol. The van der Waals surface area contributed by atoms with Crippen LogP contribution >= 0.6 is 11.8 Å². The maximum absolute atomic E-state index is 12.4. The van der Waals surface area contributed by atoms with E-state index in [0.717, 1.165) is 12.2 Å². The SMILES string of the molecule is CCC1CN(S(=O)(=O)c2ccc(=O)[nH]c2)CCS1. The number of hydrogen-bond donors (Lipinski definition) is 1. The molecule has 0 aromatic carbocycles. The van der Waals surface area contributed by atoms with E-state index < -0.39 is 10.0 Å². The number of aromatic nitrogens is 1. The third kappa shape index (κ3) is 2.78. The molecule has 0 aliphatic carbocycles. The van der Waals surface area contributed by atoms with Gasteiger partial charge in [-0.3, -0.25) is 4.79 Å². The van der Waals surface area contributed by atoms with E-state index in [4.69, 9.17) is 0 Å². The van der Waals surface area contributed by atoms with Gasteiger partial charge in [-0.15, -0.1) is 0 Å². The Labute approximate surface area is 111 Å². The standard InChI is InChI=1S/C11H16N2O3S2/c1-2-9-8-13(5-6-17-9)18(15,16)10-3-4-11(14)12-7-10/h3-4,7,9H,2,5-6,8H2,1H3,(H,12,14). The minimum Gasteiger partial charge on any atom is -0.328 e. The number of aromatic amines is 1. The molecule has 18 heavy (non-hydrogen) atoms. The summed E-state index contributed by atoms with van der Waals surface area (Å²) in [5.74, 6) is 0.821. The molecule has 2 rings (SSSR count). The van der Waals surface area contributed by atoms with Gasteiger partial charge in [-0.05, 0) is 12.5 Å². The van der Waals surface area contributed by atoms with E-state index in [1.165, 1.54) is 22.6 Å². The minimum absolute atomic E-state index is 0.156. The molecule has 1 aliphatic heterocycles. The summed E-state index contributed by atoms with van der Waals surface area (Å²) in [7, 11) is -3.47. The zero-order chi connectivity index (χ0) is 13.2. The molecule has 7 heteroatoms. The third-order valence-corrected chi connectivity index (χ3v) is 6.18. The van der Waals surface area contributed by atoms with Gasteiger partial charge in [-0.1, -0.05) is 6.92 Å². The predicted octanol–water partition coefficient (Wildman–Crippen LogP) is 0.891. The number of nitrogens with one attached hydrogen (secondary N) is 1. The molecule has 100 valence electrons. The van der Waals surface area contributed by atoms with E-state index in [0.29, 0.717) is 18.3 Å². The smallest absolute Gasteiger partial charge is 0.247 e. The summed E-state index contributed by atoms with van der Waals surface area (Å²) in [6, 6.07) is 2.60. The summed E-state index contributed by atoms with van der Waals surface area (Å²) in [6.45, 7) is 3.14. The van der Waals surface area contributed by atoms with Crippen LogP contribution in [-0.4, -0.2) is 41.8 Å². The molecule has 1 aliphatic rings. The van der Waals surface area contributed by atoms with Crippen LogP contribution in [0.4, 0.5) is 0 Å². The molecule has 1 atom stereocenters. The van der Waals surface area contributed by atoms with Crippen molar-refractivity contribution in [2.24, 2.45) is 0 Å². The van der Waals surface area contributed by atoms with E-state index in [-0.39, 0.29) is 10.5 Å². The summed E-state index contributed by atoms with van der Waals surface area (Å²) in [5.41, 5.74) is -0.297. The second-order valence-corrected chi connectivity index (χ2v) is 7.50. The first-order valence-corrected chi connectivity index (χ1v) is 8.33. The molecule has 1 N–H and O–H groups in total. The molecular formula is C11H16N2O3S2. The molecular weight excluding hydrogens is 272 g/mol. The van der Waals surface area contributed by atoms with Gasteiger partial charge in [0, 0.05) is 36.4 Å². The number of rotatable bonds is 3. The topological polar surface area (TPSA) is 70.2 Å². The normalized spacial score (nSPS) is 21.9. The van der Waals surface area contributed by atoms with Gasteiger partial charge in [0.1, 0.15) is 0 Å². The average Bonchev–Trinajstić information content (AvgIpc) is 2.39. The molecule has 0 radical (unpaired) electrons. The highest BCUT2D eigenvalue weighted by atomic mass is 32.2. The summed E-state index contributed by atoms with van der Waals surface area (Å²) in [6.07, 6.45) is 2.22. The molecule has 1 saturated heterocycles. The zero-order valence-corrected chi connectivity index (χ0v) is 11.8. The third-order valence-electron chi connectivity index (χ3n) is 2.95. The lowest BCUT2D eigenvalue weighted by Crippen LogP contribution is -2.41. The second kappa shape index (κ2) is 5.46.